The molecule has 0 aliphatic carbocycles. The highest BCUT2D eigenvalue weighted by Gasteiger charge is 2.45. The molecule has 346 valence electrons. The highest BCUT2D eigenvalue weighted by Crippen LogP contribution is 2.55. The molecule has 0 radical (unpaired) electrons. The SMILES string of the molecule is c1ccc(-c2cc(-c3ccccc3)cc(-c3nc(-c4cc(-c5ccccc5)cc(-c5ccccc5)c4)nc(-c4cc5c6c(c4)c4ccccc4n6-c4ccccc4C5(c4ccccc4)c4ccccc4)n3)c2)cc1. The maximum Gasteiger partial charge on any atom is 0.164 e. The smallest absolute Gasteiger partial charge is 0.164 e. The van der Waals surface area contributed by atoms with Crippen LogP contribution in [0.4, 0.5) is 0 Å². The Hall–Kier alpha value is -9.77. The molecule has 3 heterocycles. The van der Waals surface area contributed by atoms with Crippen LogP contribution >= 0.6 is 0 Å². The molecular formula is C70H46N4. The molecule has 0 unspecified atom stereocenters. The molecule has 0 spiro atoms. The molecule has 74 heavy (non-hydrogen) atoms. The summed E-state index contributed by atoms with van der Waals surface area (Å²) in [6.45, 7) is 0. The summed E-state index contributed by atoms with van der Waals surface area (Å²) in [6, 6.07) is 100. The van der Waals surface area contributed by atoms with Gasteiger partial charge in [-0.1, -0.05) is 218 Å². The second kappa shape index (κ2) is 17.8. The number of hydrogen-bond acceptors (Lipinski definition) is 3. The minimum Gasteiger partial charge on any atom is -0.309 e. The van der Waals surface area contributed by atoms with Crippen molar-refractivity contribution in [3.63, 3.8) is 0 Å². The van der Waals surface area contributed by atoms with Crippen molar-refractivity contribution in [2.75, 3.05) is 0 Å². The standard InChI is InChI=1S/C70H46N4/c1-7-23-47(24-8-1)51-39-52(48-25-9-2-10-26-48)42-55(41-51)67-71-68(56-43-53(49-27-11-3-12-28-49)40-54(44-56)50-29-13-4-14-30-50)73-69(72-67)57-45-61-60-35-19-21-37-64(60)74-65-38-22-20-36-62(65)70(63(46-57)66(61)74,58-31-15-5-16-32-58)59-33-17-6-18-34-59/h1-46H. The lowest BCUT2D eigenvalue weighted by Gasteiger charge is -2.42. The fraction of sp³-hybridized carbons (Fsp3) is 0.0143. The topological polar surface area (TPSA) is 43.6 Å². The zero-order valence-electron chi connectivity index (χ0n) is 40.3. The van der Waals surface area contributed by atoms with Crippen LogP contribution in [-0.4, -0.2) is 19.5 Å². The maximum absolute atomic E-state index is 5.63. The summed E-state index contributed by atoms with van der Waals surface area (Å²) in [6.07, 6.45) is 0. The van der Waals surface area contributed by atoms with Gasteiger partial charge in [-0.3, -0.25) is 0 Å². The van der Waals surface area contributed by atoms with Crippen molar-refractivity contribution in [2.24, 2.45) is 0 Å². The maximum atomic E-state index is 5.63. The van der Waals surface area contributed by atoms with Crippen LogP contribution in [0.25, 0.3) is 106 Å². The van der Waals surface area contributed by atoms with Crippen LogP contribution in [0.5, 0.6) is 0 Å². The molecule has 0 fully saturated rings. The average molecular weight is 943 g/mol. The molecule has 0 bridgehead atoms. The quantitative estimate of drug-likeness (QED) is 0.145. The third kappa shape index (κ3) is 7.18. The van der Waals surface area contributed by atoms with Gasteiger partial charge in [0.25, 0.3) is 0 Å². The average Bonchev–Trinajstić information content (AvgIpc) is 3.95. The Bertz CT molecular complexity index is 3910. The van der Waals surface area contributed by atoms with Crippen molar-refractivity contribution >= 4 is 21.8 Å². The second-order valence-corrected chi connectivity index (χ2v) is 19.1. The number of fused-ring (bicyclic) bond motifs is 5. The van der Waals surface area contributed by atoms with Gasteiger partial charge in [0.05, 0.1) is 22.1 Å². The number of rotatable bonds is 9. The molecule has 0 atom stereocenters. The van der Waals surface area contributed by atoms with Crippen molar-refractivity contribution in [1.82, 2.24) is 19.5 Å². The normalized spacial score (nSPS) is 12.4. The highest BCUT2D eigenvalue weighted by atomic mass is 15.0. The fourth-order valence-electron chi connectivity index (χ4n) is 11.5. The van der Waals surface area contributed by atoms with Crippen molar-refractivity contribution < 1.29 is 0 Å². The van der Waals surface area contributed by atoms with Gasteiger partial charge in [0, 0.05) is 27.5 Å². The van der Waals surface area contributed by atoms with E-state index in [0.717, 1.165) is 88.7 Å². The largest absolute Gasteiger partial charge is 0.309 e. The Labute approximate surface area is 430 Å². The van der Waals surface area contributed by atoms with Crippen LogP contribution in [-0.2, 0) is 5.41 Å². The van der Waals surface area contributed by atoms with Crippen LogP contribution < -0.4 is 0 Å². The van der Waals surface area contributed by atoms with Gasteiger partial charge in [0.2, 0.25) is 0 Å². The van der Waals surface area contributed by atoms with E-state index in [2.05, 4.69) is 284 Å². The van der Waals surface area contributed by atoms with E-state index < -0.39 is 5.41 Å². The number of benzene rings is 11. The summed E-state index contributed by atoms with van der Waals surface area (Å²) in [5.74, 6) is 1.77. The lowest BCUT2D eigenvalue weighted by Crippen LogP contribution is -2.35. The molecule has 0 saturated heterocycles. The zero-order valence-corrected chi connectivity index (χ0v) is 40.3. The lowest BCUT2D eigenvalue weighted by molar-refractivity contribution is 0.728. The van der Waals surface area contributed by atoms with Gasteiger partial charge in [0.15, 0.2) is 17.5 Å². The minimum atomic E-state index is -0.709. The third-order valence-corrected chi connectivity index (χ3v) is 14.8. The molecule has 0 saturated carbocycles. The van der Waals surface area contributed by atoms with Gasteiger partial charge < -0.3 is 4.57 Å². The van der Waals surface area contributed by atoms with E-state index in [1.807, 2.05) is 0 Å². The molecule has 11 aromatic carbocycles. The van der Waals surface area contributed by atoms with Gasteiger partial charge in [-0.25, -0.2) is 15.0 Å². The summed E-state index contributed by atoms with van der Waals surface area (Å²) in [5, 5.41) is 2.30. The molecule has 13 aromatic rings. The first kappa shape index (κ1) is 43.1. The number of nitrogens with zero attached hydrogens (tertiary/aromatic N) is 4. The van der Waals surface area contributed by atoms with Crippen LogP contribution in [0.2, 0.25) is 0 Å². The summed E-state index contributed by atoms with van der Waals surface area (Å²) in [5.41, 5.74) is 19.0. The van der Waals surface area contributed by atoms with E-state index in [1.165, 1.54) is 22.2 Å². The predicted molar refractivity (Wildman–Crippen MR) is 304 cm³/mol. The third-order valence-electron chi connectivity index (χ3n) is 14.8. The molecule has 0 amide bonds. The first-order chi connectivity index (χ1) is 36.7. The van der Waals surface area contributed by atoms with Crippen LogP contribution in [0.15, 0.2) is 279 Å². The van der Waals surface area contributed by atoms with E-state index in [4.69, 9.17) is 15.0 Å². The van der Waals surface area contributed by atoms with Gasteiger partial charge in [-0.15, -0.1) is 0 Å². The van der Waals surface area contributed by atoms with Crippen molar-refractivity contribution in [2.45, 2.75) is 5.41 Å². The molecule has 2 aromatic heterocycles. The van der Waals surface area contributed by atoms with Gasteiger partial charge >= 0.3 is 0 Å². The lowest BCUT2D eigenvalue weighted by atomic mass is 9.63. The minimum absolute atomic E-state index is 0.588. The Kier molecular flexibility index (Phi) is 10.4. The zero-order chi connectivity index (χ0) is 49.0. The molecule has 4 nitrogen and oxygen atoms in total. The molecule has 0 N–H and O–H groups in total. The van der Waals surface area contributed by atoms with Gasteiger partial charge in [-0.05, 0) is 127 Å². The molecular weight excluding hydrogens is 897 g/mol. The Morgan fingerprint density at radius 1 is 0.257 bits per heavy atom. The van der Waals surface area contributed by atoms with E-state index in [0.29, 0.717) is 17.5 Å². The Morgan fingerprint density at radius 2 is 0.608 bits per heavy atom. The number of hydrogen-bond donors (Lipinski definition) is 0. The van der Waals surface area contributed by atoms with Crippen molar-refractivity contribution in [3.8, 4) is 84.4 Å². The van der Waals surface area contributed by atoms with E-state index >= 15 is 0 Å². The molecule has 4 heteroatoms. The van der Waals surface area contributed by atoms with Crippen molar-refractivity contribution in [1.29, 1.82) is 0 Å². The summed E-state index contributed by atoms with van der Waals surface area (Å²) in [4.78, 5) is 16.8. The first-order valence-corrected chi connectivity index (χ1v) is 25.3. The molecule has 1 aliphatic rings. The van der Waals surface area contributed by atoms with E-state index in [1.54, 1.807) is 0 Å². The van der Waals surface area contributed by atoms with Crippen LogP contribution in [0.1, 0.15) is 22.3 Å². The number of aromatic nitrogens is 4. The Morgan fingerprint density at radius 3 is 1.05 bits per heavy atom. The molecule has 14 rings (SSSR count). The highest BCUT2D eigenvalue weighted by molar-refractivity contribution is 6.13. The van der Waals surface area contributed by atoms with Crippen LogP contribution in [0, 0.1) is 0 Å². The molecule has 1 aliphatic heterocycles. The van der Waals surface area contributed by atoms with Gasteiger partial charge in [-0.2, -0.15) is 0 Å². The van der Waals surface area contributed by atoms with Gasteiger partial charge in [0.1, 0.15) is 0 Å². The number of para-hydroxylation sites is 2. The summed E-state index contributed by atoms with van der Waals surface area (Å²) < 4.78 is 2.48. The predicted octanol–water partition coefficient (Wildman–Crippen LogP) is 17.3. The monoisotopic (exact) mass is 942 g/mol. The van der Waals surface area contributed by atoms with Crippen molar-refractivity contribution in [3.05, 3.63) is 301 Å². The summed E-state index contributed by atoms with van der Waals surface area (Å²) >= 11 is 0. The fourth-order valence-corrected chi connectivity index (χ4v) is 11.5. The van der Waals surface area contributed by atoms with E-state index in [9.17, 15) is 0 Å². The first-order valence-electron chi connectivity index (χ1n) is 25.3. The summed E-state index contributed by atoms with van der Waals surface area (Å²) in [7, 11) is 0. The van der Waals surface area contributed by atoms with E-state index in [-0.39, 0.29) is 0 Å². The second-order valence-electron chi connectivity index (χ2n) is 19.1. The van der Waals surface area contributed by atoms with Crippen LogP contribution in [0.3, 0.4) is 0 Å². The Balaban J connectivity index is 1.10.